The van der Waals surface area contributed by atoms with Gasteiger partial charge in [-0.1, -0.05) is 20.3 Å². The van der Waals surface area contributed by atoms with Crippen LogP contribution < -0.4 is 15.8 Å². The second kappa shape index (κ2) is 8.53. The zero-order chi connectivity index (χ0) is 18.5. The van der Waals surface area contributed by atoms with Crippen LogP contribution in [0.1, 0.15) is 39.5 Å². The topological polar surface area (TPSA) is 94.1 Å². The molecule has 8 nitrogen and oxygen atoms in total. The standard InChI is InChI=1S/C18H31N7O/c1-4-6-9-20-17-22-15(19)14-16(23-17)25(18(21-14)26-3)12-13-8-7-10-24(5-2)11-13/h13H,4-12H2,1-3H3,(H3,19,20,22,23). The average Bonchev–Trinajstić information content (AvgIpc) is 3.00. The minimum Gasteiger partial charge on any atom is -0.468 e. The van der Waals surface area contributed by atoms with Crippen molar-refractivity contribution in [1.29, 1.82) is 0 Å². The monoisotopic (exact) mass is 361 g/mol. The van der Waals surface area contributed by atoms with Crippen molar-refractivity contribution in [1.82, 2.24) is 24.4 Å². The van der Waals surface area contributed by atoms with Crippen LogP contribution in [-0.4, -0.2) is 57.7 Å². The first-order valence-electron chi connectivity index (χ1n) is 9.70. The van der Waals surface area contributed by atoms with Crippen LogP contribution in [0.25, 0.3) is 11.2 Å². The van der Waals surface area contributed by atoms with Crippen LogP contribution in [0.15, 0.2) is 0 Å². The third kappa shape index (κ3) is 4.00. The number of nitrogens with one attached hydrogen (secondary N) is 1. The third-order valence-corrected chi connectivity index (χ3v) is 5.07. The molecule has 0 radical (unpaired) electrons. The second-order valence-electron chi connectivity index (χ2n) is 7.00. The molecule has 1 aliphatic heterocycles. The SMILES string of the molecule is CCCCNc1nc(N)c2nc(OC)n(CC3CCCN(CC)C3)c2n1. The molecular weight excluding hydrogens is 330 g/mol. The first kappa shape index (κ1) is 18.7. The van der Waals surface area contributed by atoms with E-state index < -0.39 is 0 Å². The van der Waals surface area contributed by atoms with Gasteiger partial charge in [-0.2, -0.15) is 15.0 Å². The number of hydrogen-bond acceptors (Lipinski definition) is 7. The molecule has 0 bridgehead atoms. The molecule has 144 valence electrons. The molecule has 1 aliphatic rings. The highest BCUT2D eigenvalue weighted by molar-refractivity contribution is 5.84. The van der Waals surface area contributed by atoms with E-state index in [0.29, 0.717) is 29.2 Å². The maximum absolute atomic E-state index is 6.14. The number of nitrogens with zero attached hydrogens (tertiary/aromatic N) is 5. The summed E-state index contributed by atoms with van der Waals surface area (Å²) in [6, 6.07) is 0.556. The van der Waals surface area contributed by atoms with Gasteiger partial charge in [0.2, 0.25) is 5.95 Å². The summed E-state index contributed by atoms with van der Waals surface area (Å²) < 4.78 is 7.57. The molecule has 0 amide bonds. The first-order valence-corrected chi connectivity index (χ1v) is 9.70. The van der Waals surface area contributed by atoms with Crippen LogP contribution >= 0.6 is 0 Å². The van der Waals surface area contributed by atoms with Crippen molar-refractivity contribution in [3.63, 3.8) is 0 Å². The molecule has 1 atom stereocenters. The Hall–Kier alpha value is -2.09. The quantitative estimate of drug-likeness (QED) is 0.697. The van der Waals surface area contributed by atoms with Crippen LogP contribution in [0.5, 0.6) is 6.01 Å². The van der Waals surface area contributed by atoms with Crippen molar-refractivity contribution < 1.29 is 4.74 Å². The van der Waals surface area contributed by atoms with Gasteiger partial charge in [-0.05, 0) is 38.3 Å². The third-order valence-electron chi connectivity index (χ3n) is 5.07. The molecule has 3 heterocycles. The highest BCUT2D eigenvalue weighted by Crippen LogP contribution is 2.28. The van der Waals surface area contributed by atoms with Gasteiger partial charge in [0.25, 0.3) is 6.01 Å². The molecular formula is C18H31N7O. The van der Waals surface area contributed by atoms with E-state index in [1.807, 2.05) is 0 Å². The molecule has 0 aromatic carbocycles. The lowest BCUT2D eigenvalue weighted by atomic mass is 9.98. The number of rotatable bonds is 8. The Balaban J connectivity index is 1.89. The van der Waals surface area contributed by atoms with Gasteiger partial charge >= 0.3 is 0 Å². The average molecular weight is 361 g/mol. The number of aromatic nitrogens is 4. The number of methoxy groups -OCH3 is 1. The maximum atomic E-state index is 6.14. The number of nitrogen functional groups attached to an aromatic ring is 1. The molecule has 2 aromatic rings. The first-order chi connectivity index (χ1) is 12.7. The Morgan fingerprint density at radius 2 is 2.12 bits per heavy atom. The fourth-order valence-electron chi connectivity index (χ4n) is 3.62. The Labute approximate surface area is 155 Å². The van der Waals surface area contributed by atoms with Crippen molar-refractivity contribution in [2.45, 2.75) is 46.1 Å². The van der Waals surface area contributed by atoms with E-state index in [-0.39, 0.29) is 0 Å². The Morgan fingerprint density at radius 1 is 1.27 bits per heavy atom. The Bertz CT molecular complexity index is 730. The van der Waals surface area contributed by atoms with Gasteiger partial charge in [0.1, 0.15) is 0 Å². The summed E-state index contributed by atoms with van der Waals surface area (Å²) in [7, 11) is 1.64. The van der Waals surface area contributed by atoms with E-state index in [1.54, 1.807) is 7.11 Å². The molecule has 1 saturated heterocycles. The van der Waals surface area contributed by atoms with Crippen LogP contribution in [0.2, 0.25) is 0 Å². The molecule has 0 spiro atoms. The van der Waals surface area contributed by atoms with Crippen molar-refractivity contribution in [2.24, 2.45) is 5.92 Å². The number of likely N-dealkylation sites (tertiary alicyclic amines) is 1. The highest BCUT2D eigenvalue weighted by atomic mass is 16.5. The van der Waals surface area contributed by atoms with Crippen molar-refractivity contribution in [3.05, 3.63) is 0 Å². The smallest absolute Gasteiger partial charge is 0.298 e. The number of piperidine rings is 1. The number of anilines is 2. The zero-order valence-corrected chi connectivity index (χ0v) is 16.2. The zero-order valence-electron chi connectivity index (χ0n) is 16.2. The molecule has 3 rings (SSSR count). The molecule has 1 unspecified atom stereocenters. The van der Waals surface area contributed by atoms with Gasteiger partial charge in [0.05, 0.1) is 7.11 Å². The van der Waals surface area contributed by atoms with Gasteiger partial charge in [0, 0.05) is 19.6 Å². The highest BCUT2D eigenvalue weighted by Gasteiger charge is 2.23. The summed E-state index contributed by atoms with van der Waals surface area (Å²) in [5.41, 5.74) is 7.51. The van der Waals surface area contributed by atoms with Crippen LogP contribution in [-0.2, 0) is 6.54 Å². The summed E-state index contributed by atoms with van der Waals surface area (Å²) in [5, 5.41) is 3.26. The number of fused-ring (bicyclic) bond motifs is 1. The van der Waals surface area contributed by atoms with Crippen LogP contribution in [0.4, 0.5) is 11.8 Å². The number of hydrogen-bond donors (Lipinski definition) is 2. The van der Waals surface area contributed by atoms with E-state index in [0.717, 1.165) is 44.7 Å². The van der Waals surface area contributed by atoms with E-state index in [2.05, 4.69) is 43.6 Å². The number of imidazole rings is 1. The lowest BCUT2D eigenvalue weighted by molar-refractivity contribution is 0.167. The van der Waals surface area contributed by atoms with E-state index in [1.165, 1.54) is 19.4 Å². The van der Waals surface area contributed by atoms with Crippen molar-refractivity contribution in [2.75, 3.05) is 44.3 Å². The van der Waals surface area contributed by atoms with E-state index in [4.69, 9.17) is 10.5 Å². The molecule has 0 aliphatic carbocycles. The maximum Gasteiger partial charge on any atom is 0.298 e. The predicted octanol–water partition coefficient (Wildman–Crippen LogP) is 2.36. The molecule has 1 fully saturated rings. The van der Waals surface area contributed by atoms with Crippen LogP contribution in [0.3, 0.4) is 0 Å². The molecule has 3 N–H and O–H groups in total. The number of ether oxygens (including phenoxy) is 1. The summed E-state index contributed by atoms with van der Waals surface area (Å²) >= 11 is 0. The Morgan fingerprint density at radius 3 is 2.85 bits per heavy atom. The summed E-state index contributed by atoms with van der Waals surface area (Å²) in [6.07, 6.45) is 4.63. The van der Waals surface area contributed by atoms with Gasteiger partial charge in [-0.15, -0.1) is 0 Å². The van der Waals surface area contributed by atoms with Gasteiger partial charge in [0.15, 0.2) is 17.0 Å². The lowest BCUT2D eigenvalue weighted by Gasteiger charge is -2.32. The van der Waals surface area contributed by atoms with E-state index >= 15 is 0 Å². The molecule has 8 heteroatoms. The summed E-state index contributed by atoms with van der Waals surface area (Å²) in [4.78, 5) is 16.1. The van der Waals surface area contributed by atoms with Gasteiger partial charge in [-0.3, -0.25) is 4.57 Å². The molecule has 26 heavy (non-hydrogen) atoms. The van der Waals surface area contributed by atoms with E-state index in [9.17, 15) is 0 Å². The normalized spacial score (nSPS) is 18.3. The lowest BCUT2D eigenvalue weighted by Crippen LogP contribution is -2.36. The largest absolute Gasteiger partial charge is 0.468 e. The second-order valence-corrected chi connectivity index (χ2v) is 7.00. The number of unbranched alkanes of at least 4 members (excludes halogenated alkanes) is 1. The minimum atomic E-state index is 0.393. The summed E-state index contributed by atoms with van der Waals surface area (Å²) in [6.45, 7) is 9.43. The predicted molar refractivity (Wildman–Crippen MR) is 105 cm³/mol. The van der Waals surface area contributed by atoms with Gasteiger partial charge < -0.3 is 20.7 Å². The fourth-order valence-corrected chi connectivity index (χ4v) is 3.62. The minimum absolute atomic E-state index is 0.393. The van der Waals surface area contributed by atoms with Crippen molar-refractivity contribution >= 4 is 22.9 Å². The van der Waals surface area contributed by atoms with Crippen LogP contribution in [0, 0.1) is 5.92 Å². The number of nitrogens with two attached hydrogens (primary N) is 1. The van der Waals surface area contributed by atoms with Crippen molar-refractivity contribution in [3.8, 4) is 6.01 Å². The molecule has 0 saturated carbocycles. The molecule has 2 aromatic heterocycles. The Kier molecular flexibility index (Phi) is 6.13. The van der Waals surface area contributed by atoms with Gasteiger partial charge in [-0.25, -0.2) is 0 Å². The fraction of sp³-hybridized carbons (Fsp3) is 0.722. The summed E-state index contributed by atoms with van der Waals surface area (Å²) in [5.74, 6) is 1.51.